The van der Waals surface area contributed by atoms with E-state index in [4.69, 9.17) is 9.52 Å². The van der Waals surface area contributed by atoms with Crippen molar-refractivity contribution < 1.29 is 9.32 Å². The third-order valence-corrected chi connectivity index (χ3v) is 5.60. The van der Waals surface area contributed by atoms with Gasteiger partial charge in [0, 0.05) is 32.1 Å². The standard InChI is InChI=1S/C23H33N5O2.HI/c1-5-20-19(21(6-2)30-27-20)14-24-23(25-15-22(29)28(3)4)26-18-12-11-16-9-7-8-10-17(16)13-18;/h7-10,18H,5-6,11-15H2,1-4H3,(H2,24,25,26);1H. The van der Waals surface area contributed by atoms with Crippen LogP contribution in [0, 0.1) is 0 Å². The quantitative estimate of drug-likeness (QED) is 0.321. The van der Waals surface area contributed by atoms with Crippen molar-refractivity contribution in [1.82, 2.24) is 20.7 Å². The lowest BCUT2D eigenvalue weighted by molar-refractivity contribution is -0.127. The van der Waals surface area contributed by atoms with Crippen molar-refractivity contribution in [2.75, 3.05) is 20.6 Å². The molecular formula is C23H34IN5O2. The molecule has 0 fully saturated rings. The number of fused-ring (bicyclic) bond motifs is 1. The minimum absolute atomic E-state index is 0. The molecule has 170 valence electrons. The molecule has 1 aromatic heterocycles. The Hall–Kier alpha value is -2.10. The molecule has 31 heavy (non-hydrogen) atoms. The van der Waals surface area contributed by atoms with Crippen LogP contribution in [0.1, 0.15) is 48.4 Å². The van der Waals surface area contributed by atoms with Gasteiger partial charge in [-0.2, -0.15) is 0 Å². The molecule has 2 aromatic rings. The molecule has 0 saturated carbocycles. The van der Waals surface area contributed by atoms with Gasteiger partial charge < -0.3 is 20.1 Å². The predicted molar refractivity (Wildman–Crippen MR) is 134 cm³/mol. The molecule has 7 nitrogen and oxygen atoms in total. The molecule has 0 spiro atoms. The van der Waals surface area contributed by atoms with Crippen LogP contribution in [-0.2, 0) is 37.0 Å². The number of nitrogens with zero attached hydrogens (tertiary/aromatic N) is 3. The van der Waals surface area contributed by atoms with Crippen LogP contribution in [0.3, 0.4) is 0 Å². The molecule has 0 radical (unpaired) electrons. The molecule has 2 N–H and O–H groups in total. The van der Waals surface area contributed by atoms with Gasteiger partial charge in [-0.1, -0.05) is 43.3 Å². The van der Waals surface area contributed by atoms with Gasteiger partial charge in [0.2, 0.25) is 5.91 Å². The van der Waals surface area contributed by atoms with Crippen LogP contribution in [0.15, 0.2) is 33.8 Å². The van der Waals surface area contributed by atoms with E-state index in [0.29, 0.717) is 12.5 Å². The fraction of sp³-hybridized carbons (Fsp3) is 0.522. The smallest absolute Gasteiger partial charge is 0.241 e. The summed E-state index contributed by atoms with van der Waals surface area (Å²) in [5, 5.41) is 10.9. The van der Waals surface area contributed by atoms with Crippen molar-refractivity contribution in [1.29, 1.82) is 0 Å². The van der Waals surface area contributed by atoms with E-state index in [1.165, 1.54) is 11.1 Å². The Morgan fingerprint density at radius 1 is 1.23 bits per heavy atom. The molecule has 0 saturated heterocycles. The summed E-state index contributed by atoms with van der Waals surface area (Å²) in [7, 11) is 3.51. The summed E-state index contributed by atoms with van der Waals surface area (Å²) in [4.78, 5) is 18.5. The summed E-state index contributed by atoms with van der Waals surface area (Å²) in [6.45, 7) is 4.80. The Bertz CT molecular complexity index is 872. The third-order valence-electron chi connectivity index (χ3n) is 5.60. The van der Waals surface area contributed by atoms with Gasteiger partial charge in [0.05, 0.1) is 18.8 Å². The van der Waals surface area contributed by atoms with Crippen LogP contribution < -0.4 is 10.6 Å². The van der Waals surface area contributed by atoms with E-state index >= 15 is 0 Å². The summed E-state index contributed by atoms with van der Waals surface area (Å²) in [5.74, 6) is 1.54. The van der Waals surface area contributed by atoms with E-state index < -0.39 is 0 Å². The highest BCUT2D eigenvalue weighted by Gasteiger charge is 2.20. The van der Waals surface area contributed by atoms with E-state index in [-0.39, 0.29) is 42.5 Å². The zero-order valence-electron chi connectivity index (χ0n) is 18.9. The molecule has 1 aliphatic rings. The monoisotopic (exact) mass is 539 g/mol. The molecule has 0 aliphatic heterocycles. The van der Waals surface area contributed by atoms with E-state index in [1.54, 1.807) is 19.0 Å². The van der Waals surface area contributed by atoms with Gasteiger partial charge in [-0.3, -0.25) is 4.79 Å². The SMILES string of the molecule is CCc1noc(CC)c1CN=C(NCC(=O)N(C)C)NC1CCc2ccccc2C1.I. The molecule has 1 atom stereocenters. The normalized spacial score (nSPS) is 15.6. The van der Waals surface area contributed by atoms with Crippen LogP contribution in [0.4, 0.5) is 0 Å². The predicted octanol–water partition coefficient (Wildman–Crippen LogP) is 3.10. The van der Waals surface area contributed by atoms with Gasteiger partial charge in [0.25, 0.3) is 0 Å². The van der Waals surface area contributed by atoms with Crippen molar-refractivity contribution in [2.45, 2.75) is 58.5 Å². The number of carbonyl (C=O) groups excluding carboxylic acids is 1. The number of guanidine groups is 1. The number of halogens is 1. The number of amides is 1. The summed E-state index contributed by atoms with van der Waals surface area (Å²) >= 11 is 0. The molecular weight excluding hydrogens is 505 g/mol. The van der Waals surface area contributed by atoms with Crippen LogP contribution in [0.25, 0.3) is 0 Å². The Labute approximate surface area is 202 Å². The van der Waals surface area contributed by atoms with Crippen LogP contribution >= 0.6 is 24.0 Å². The summed E-state index contributed by atoms with van der Waals surface area (Å²) < 4.78 is 5.47. The highest BCUT2D eigenvalue weighted by atomic mass is 127. The molecule has 1 amide bonds. The van der Waals surface area contributed by atoms with Crippen molar-refractivity contribution in [2.24, 2.45) is 4.99 Å². The molecule has 0 bridgehead atoms. The average molecular weight is 539 g/mol. The van der Waals surface area contributed by atoms with Gasteiger partial charge in [-0.15, -0.1) is 24.0 Å². The minimum atomic E-state index is 0. The maximum absolute atomic E-state index is 12.1. The first-order valence-electron chi connectivity index (χ1n) is 10.8. The molecule has 8 heteroatoms. The Balaban J connectivity index is 0.00000341. The van der Waals surface area contributed by atoms with Crippen molar-refractivity contribution in [3.8, 4) is 0 Å². The lowest BCUT2D eigenvalue weighted by Crippen LogP contribution is -2.48. The first-order valence-corrected chi connectivity index (χ1v) is 10.8. The number of likely N-dealkylation sites (N-methyl/N-ethyl adjacent to an activating group) is 1. The second-order valence-electron chi connectivity index (χ2n) is 7.90. The Morgan fingerprint density at radius 2 is 1.97 bits per heavy atom. The molecule has 1 unspecified atom stereocenters. The van der Waals surface area contributed by atoms with E-state index in [9.17, 15) is 4.79 Å². The van der Waals surface area contributed by atoms with Gasteiger partial charge >= 0.3 is 0 Å². The van der Waals surface area contributed by atoms with Gasteiger partial charge in [0.1, 0.15) is 5.76 Å². The highest BCUT2D eigenvalue weighted by Crippen LogP contribution is 2.21. The fourth-order valence-corrected chi connectivity index (χ4v) is 3.76. The number of hydrogen-bond acceptors (Lipinski definition) is 4. The largest absolute Gasteiger partial charge is 0.361 e. The van der Waals surface area contributed by atoms with Gasteiger partial charge in [0.15, 0.2) is 5.96 Å². The maximum atomic E-state index is 12.1. The van der Waals surface area contributed by atoms with Crippen LogP contribution in [0.5, 0.6) is 0 Å². The number of aryl methyl sites for hydroxylation is 3. The second-order valence-corrected chi connectivity index (χ2v) is 7.90. The van der Waals surface area contributed by atoms with E-state index in [2.05, 4.69) is 53.9 Å². The summed E-state index contributed by atoms with van der Waals surface area (Å²) in [6, 6.07) is 8.87. The lowest BCUT2D eigenvalue weighted by atomic mass is 9.88. The van der Waals surface area contributed by atoms with Gasteiger partial charge in [-0.25, -0.2) is 4.99 Å². The Kier molecular flexibility index (Phi) is 9.80. The number of aromatic nitrogens is 1. The molecule has 3 rings (SSSR count). The zero-order valence-corrected chi connectivity index (χ0v) is 21.2. The summed E-state index contributed by atoms with van der Waals surface area (Å²) in [6.07, 6.45) is 4.62. The van der Waals surface area contributed by atoms with Crippen LogP contribution in [-0.4, -0.2) is 48.6 Å². The second kappa shape index (κ2) is 12.1. The topological polar surface area (TPSA) is 82.8 Å². The number of carbonyl (C=O) groups is 1. The Morgan fingerprint density at radius 3 is 2.65 bits per heavy atom. The van der Waals surface area contributed by atoms with Crippen LogP contribution in [0.2, 0.25) is 0 Å². The minimum Gasteiger partial charge on any atom is -0.361 e. The lowest BCUT2D eigenvalue weighted by Gasteiger charge is -2.27. The maximum Gasteiger partial charge on any atom is 0.241 e. The fourth-order valence-electron chi connectivity index (χ4n) is 3.76. The van der Waals surface area contributed by atoms with E-state index in [0.717, 1.165) is 49.1 Å². The first-order chi connectivity index (χ1) is 14.5. The average Bonchev–Trinajstić information content (AvgIpc) is 3.17. The molecule has 1 aromatic carbocycles. The van der Waals surface area contributed by atoms with E-state index in [1.807, 2.05) is 0 Å². The number of benzene rings is 1. The number of aliphatic imine (C=N–C) groups is 1. The van der Waals surface area contributed by atoms with Crippen molar-refractivity contribution in [3.05, 3.63) is 52.4 Å². The molecule has 1 heterocycles. The third kappa shape index (κ3) is 6.69. The summed E-state index contributed by atoms with van der Waals surface area (Å²) in [5.41, 5.74) is 4.81. The zero-order chi connectivity index (χ0) is 21.5. The van der Waals surface area contributed by atoms with Crippen molar-refractivity contribution in [3.63, 3.8) is 0 Å². The van der Waals surface area contributed by atoms with Crippen molar-refractivity contribution >= 4 is 35.8 Å². The highest BCUT2D eigenvalue weighted by molar-refractivity contribution is 14.0. The molecule has 1 aliphatic carbocycles. The number of hydrogen-bond donors (Lipinski definition) is 2. The van der Waals surface area contributed by atoms with Gasteiger partial charge in [-0.05, 0) is 36.8 Å². The number of rotatable bonds is 7. The number of nitrogens with one attached hydrogen (secondary N) is 2. The first kappa shape index (κ1) is 25.2.